The molecule has 0 aromatic heterocycles. The van der Waals surface area contributed by atoms with E-state index in [4.69, 9.17) is 39.5 Å². The quantitative estimate of drug-likeness (QED) is 0.298. The van der Waals surface area contributed by atoms with Gasteiger partial charge in [0.15, 0.2) is 0 Å². The number of halogens is 3. The van der Waals surface area contributed by atoms with Crippen molar-refractivity contribution in [2.75, 3.05) is 6.54 Å². The molecule has 6 nitrogen and oxygen atoms in total. The van der Waals surface area contributed by atoms with Gasteiger partial charge in [0.05, 0.1) is 16.3 Å². The van der Waals surface area contributed by atoms with Gasteiger partial charge in [0.1, 0.15) is 12.4 Å². The van der Waals surface area contributed by atoms with Gasteiger partial charge in [0, 0.05) is 34.7 Å². The number of ether oxygens (including phenoxy) is 1. The summed E-state index contributed by atoms with van der Waals surface area (Å²) in [6.45, 7) is 0.438. The van der Waals surface area contributed by atoms with Gasteiger partial charge in [-0.1, -0.05) is 65.1 Å². The molecule has 3 aromatic carbocycles. The Kier molecular flexibility index (Phi) is 9.13. The zero-order valence-corrected chi connectivity index (χ0v) is 19.6. The first kappa shape index (κ1) is 24.6. The standard InChI is InChI=1S/C24H20Cl3N3O3/c25-19-7-3-1-6-18(19)15-33-22-8-4-2-5-17(22)14-29-30-23(31)11-12-28-24(32)16-9-10-20(26)21(27)13-16/h1-10,13-14H,11-12,15H2,(H,28,32)(H,30,31). The highest BCUT2D eigenvalue weighted by atomic mass is 35.5. The van der Waals surface area contributed by atoms with Crippen LogP contribution in [0.25, 0.3) is 0 Å². The summed E-state index contributed by atoms with van der Waals surface area (Å²) in [4.78, 5) is 24.1. The van der Waals surface area contributed by atoms with Crippen LogP contribution in [0.15, 0.2) is 71.8 Å². The Labute approximate surface area is 206 Å². The molecule has 33 heavy (non-hydrogen) atoms. The molecule has 0 spiro atoms. The number of nitrogens with zero attached hydrogens (tertiary/aromatic N) is 1. The van der Waals surface area contributed by atoms with Gasteiger partial charge in [-0.2, -0.15) is 5.10 Å². The molecule has 0 bridgehead atoms. The van der Waals surface area contributed by atoms with Crippen LogP contribution in [-0.4, -0.2) is 24.6 Å². The second-order valence-electron chi connectivity index (χ2n) is 6.85. The number of rotatable bonds is 9. The van der Waals surface area contributed by atoms with Crippen molar-refractivity contribution < 1.29 is 14.3 Å². The van der Waals surface area contributed by atoms with Crippen LogP contribution in [0.3, 0.4) is 0 Å². The fourth-order valence-corrected chi connectivity index (χ4v) is 3.24. The minimum Gasteiger partial charge on any atom is -0.488 e. The van der Waals surface area contributed by atoms with Crippen molar-refractivity contribution >= 4 is 52.8 Å². The lowest BCUT2D eigenvalue weighted by atomic mass is 10.2. The predicted molar refractivity (Wildman–Crippen MR) is 131 cm³/mol. The highest BCUT2D eigenvalue weighted by molar-refractivity contribution is 6.42. The summed E-state index contributed by atoms with van der Waals surface area (Å²) in [6, 6.07) is 19.3. The molecule has 0 heterocycles. The summed E-state index contributed by atoms with van der Waals surface area (Å²) in [5.74, 6) is -0.103. The number of hydrogen-bond acceptors (Lipinski definition) is 4. The number of carbonyl (C=O) groups excluding carboxylic acids is 2. The van der Waals surface area contributed by atoms with Crippen molar-refractivity contribution in [1.29, 1.82) is 0 Å². The van der Waals surface area contributed by atoms with Crippen LogP contribution in [0.5, 0.6) is 5.75 Å². The lowest BCUT2D eigenvalue weighted by Crippen LogP contribution is -2.29. The topological polar surface area (TPSA) is 79.8 Å². The zero-order chi connectivity index (χ0) is 23.6. The first-order chi connectivity index (χ1) is 15.9. The van der Waals surface area contributed by atoms with Gasteiger partial charge in [-0.05, 0) is 36.4 Å². The third-order valence-electron chi connectivity index (χ3n) is 4.47. The average Bonchev–Trinajstić information content (AvgIpc) is 2.81. The number of hydrazone groups is 1. The summed E-state index contributed by atoms with van der Waals surface area (Å²) in [5.41, 5.74) is 4.35. The largest absolute Gasteiger partial charge is 0.488 e. The van der Waals surface area contributed by atoms with Crippen molar-refractivity contribution in [3.63, 3.8) is 0 Å². The van der Waals surface area contributed by atoms with Crippen LogP contribution in [0, 0.1) is 0 Å². The molecule has 0 saturated heterocycles. The Morgan fingerprint density at radius 2 is 1.67 bits per heavy atom. The minimum absolute atomic E-state index is 0.0506. The number of hydrogen-bond donors (Lipinski definition) is 2. The summed E-state index contributed by atoms with van der Waals surface area (Å²) in [6.07, 6.45) is 1.54. The number of carbonyl (C=O) groups is 2. The summed E-state index contributed by atoms with van der Waals surface area (Å²) >= 11 is 17.9. The summed E-state index contributed by atoms with van der Waals surface area (Å²) in [7, 11) is 0. The third-order valence-corrected chi connectivity index (χ3v) is 5.58. The number of benzene rings is 3. The van der Waals surface area contributed by atoms with Gasteiger partial charge in [-0.3, -0.25) is 9.59 Å². The normalized spacial score (nSPS) is 10.8. The fourth-order valence-electron chi connectivity index (χ4n) is 2.75. The Morgan fingerprint density at radius 1 is 0.909 bits per heavy atom. The van der Waals surface area contributed by atoms with Crippen LogP contribution in [0.4, 0.5) is 0 Å². The van der Waals surface area contributed by atoms with Crippen LogP contribution in [0.1, 0.15) is 27.9 Å². The number of para-hydroxylation sites is 1. The number of nitrogens with one attached hydrogen (secondary N) is 2. The van der Waals surface area contributed by atoms with Crippen LogP contribution in [0.2, 0.25) is 15.1 Å². The Bertz CT molecular complexity index is 1170. The van der Waals surface area contributed by atoms with Crippen molar-refractivity contribution in [3.8, 4) is 5.75 Å². The molecule has 0 radical (unpaired) electrons. The molecule has 3 rings (SSSR count). The van der Waals surface area contributed by atoms with Gasteiger partial charge in [0.2, 0.25) is 5.91 Å². The third kappa shape index (κ3) is 7.49. The van der Waals surface area contributed by atoms with Crippen molar-refractivity contribution in [2.45, 2.75) is 13.0 Å². The van der Waals surface area contributed by atoms with E-state index in [-0.39, 0.29) is 29.8 Å². The molecular weight excluding hydrogens is 485 g/mol. The highest BCUT2D eigenvalue weighted by Gasteiger charge is 2.09. The second-order valence-corrected chi connectivity index (χ2v) is 8.07. The molecule has 0 fully saturated rings. The SMILES string of the molecule is O=C(CCNC(=O)c1ccc(Cl)c(Cl)c1)NN=Cc1ccccc1OCc1ccccc1Cl. The van der Waals surface area contributed by atoms with Gasteiger partial charge < -0.3 is 10.1 Å². The van der Waals surface area contributed by atoms with E-state index in [1.807, 2.05) is 36.4 Å². The lowest BCUT2D eigenvalue weighted by molar-refractivity contribution is -0.120. The van der Waals surface area contributed by atoms with Crippen LogP contribution >= 0.6 is 34.8 Å². The van der Waals surface area contributed by atoms with Gasteiger partial charge >= 0.3 is 0 Å². The van der Waals surface area contributed by atoms with Gasteiger partial charge in [-0.15, -0.1) is 0 Å². The maximum absolute atomic E-state index is 12.1. The molecule has 170 valence electrons. The Morgan fingerprint density at radius 3 is 2.45 bits per heavy atom. The van der Waals surface area contributed by atoms with E-state index in [1.54, 1.807) is 18.2 Å². The maximum Gasteiger partial charge on any atom is 0.251 e. The van der Waals surface area contributed by atoms with E-state index in [9.17, 15) is 9.59 Å². The molecule has 0 aliphatic rings. The number of amides is 2. The smallest absolute Gasteiger partial charge is 0.251 e. The van der Waals surface area contributed by atoms with E-state index in [2.05, 4.69) is 15.8 Å². The van der Waals surface area contributed by atoms with Crippen molar-refractivity contribution in [2.24, 2.45) is 5.10 Å². The molecule has 0 saturated carbocycles. The molecule has 0 aliphatic heterocycles. The highest BCUT2D eigenvalue weighted by Crippen LogP contribution is 2.23. The van der Waals surface area contributed by atoms with E-state index >= 15 is 0 Å². The molecule has 2 amide bonds. The van der Waals surface area contributed by atoms with Crippen LogP contribution in [-0.2, 0) is 11.4 Å². The van der Waals surface area contributed by atoms with Crippen LogP contribution < -0.4 is 15.5 Å². The summed E-state index contributed by atoms with van der Waals surface area (Å²) in [5, 5.41) is 7.90. The minimum atomic E-state index is -0.352. The Hall–Kier alpha value is -3.06. The van der Waals surface area contributed by atoms with E-state index in [0.717, 1.165) is 5.56 Å². The fraction of sp³-hybridized carbons (Fsp3) is 0.125. The predicted octanol–water partition coefficient (Wildman–Crippen LogP) is 5.50. The molecule has 0 atom stereocenters. The molecule has 2 N–H and O–H groups in total. The second kappa shape index (κ2) is 12.3. The van der Waals surface area contributed by atoms with Gasteiger partial charge in [-0.25, -0.2) is 5.43 Å². The van der Waals surface area contributed by atoms with E-state index in [0.29, 0.717) is 33.5 Å². The Balaban J connectivity index is 1.46. The lowest BCUT2D eigenvalue weighted by Gasteiger charge is -2.10. The molecule has 0 unspecified atom stereocenters. The maximum atomic E-state index is 12.1. The molecular formula is C24H20Cl3N3O3. The molecule has 9 heteroatoms. The van der Waals surface area contributed by atoms with Crippen molar-refractivity contribution in [3.05, 3.63) is 98.5 Å². The van der Waals surface area contributed by atoms with E-state index < -0.39 is 0 Å². The monoisotopic (exact) mass is 503 g/mol. The van der Waals surface area contributed by atoms with Crippen molar-refractivity contribution in [1.82, 2.24) is 10.7 Å². The average molecular weight is 505 g/mol. The van der Waals surface area contributed by atoms with E-state index in [1.165, 1.54) is 18.3 Å². The first-order valence-corrected chi connectivity index (χ1v) is 11.1. The van der Waals surface area contributed by atoms with Gasteiger partial charge in [0.25, 0.3) is 5.91 Å². The first-order valence-electron chi connectivity index (χ1n) is 9.94. The zero-order valence-electron chi connectivity index (χ0n) is 17.4. The molecule has 3 aromatic rings. The molecule has 0 aliphatic carbocycles. The summed E-state index contributed by atoms with van der Waals surface area (Å²) < 4.78 is 5.86.